The van der Waals surface area contributed by atoms with E-state index in [9.17, 15) is 0 Å². The van der Waals surface area contributed by atoms with E-state index in [-0.39, 0.29) is 29.6 Å². The maximum absolute atomic E-state index is 2.36. The molecule has 0 N–H and O–H groups in total. The SMILES string of the molecule is [CH]1CCCC1.[NaH]. The van der Waals surface area contributed by atoms with Crippen molar-refractivity contribution < 1.29 is 0 Å². The summed E-state index contributed by atoms with van der Waals surface area (Å²) in [5.41, 5.74) is 0. The first-order chi connectivity index (χ1) is 2.50. The van der Waals surface area contributed by atoms with Crippen LogP contribution in [0.1, 0.15) is 25.7 Å². The zero-order valence-corrected chi connectivity index (χ0v) is 3.41. The fourth-order valence-corrected chi connectivity index (χ4v) is 0.722. The Bertz CT molecular complexity index is 15.5. The van der Waals surface area contributed by atoms with E-state index in [2.05, 4.69) is 6.42 Å². The molecule has 6 heavy (non-hydrogen) atoms. The molecule has 0 bridgehead atoms. The standard InChI is InChI=1S/C5H9.Na.H/c1-2-4-5-3-1;;/h1H,2-5H2;;. The van der Waals surface area contributed by atoms with Crippen LogP contribution in [0.4, 0.5) is 0 Å². The predicted molar refractivity (Wildman–Crippen MR) is 29.9 cm³/mol. The third-order valence-corrected chi connectivity index (χ3v) is 1.07. The van der Waals surface area contributed by atoms with Crippen LogP contribution >= 0.6 is 0 Å². The van der Waals surface area contributed by atoms with E-state index in [4.69, 9.17) is 0 Å². The van der Waals surface area contributed by atoms with E-state index in [1.807, 2.05) is 0 Å². The summed E-state index contributed by atoms with van der Waals surface area (Å²) in [6.07, 6.45) is 8.00. The van der Waals surface area contributed by atoms with Crippen molar-refractivity contribution in [3.63, 3.8) is 0 Å². The van der Waals surface area contributed by atoms with Crippen molar-refractivity contribution in [2.75, 3.05) is 0 Å². The Kier molecular flexibility index (Phi) is 4.86. The van der Waals surface area contributed by atoms with Gasteiger partial charge in [-0.05, 0) is 6.42 Å². The van der Waals surface area contributed by atoms with E-state index in [1.165, 1.54) is 25.7 Å². The molecule has 1 fully saturated rings. The second-order valence-electron chi connectivity index (χ2n) is 1.57. The van der Waals surface area contributed by atoms with Crippen LogP contribution in [0, 0.1) is 6.42 Å². The molecule has 31 valence electrons. The molecular formula is C5H10Na. The van der Waals surface area contributed by atoms with Crippen LogP contribution in [0.3, 0.4) is 0 Å². The molecule has 1 radical (unpaired) electrons. The summed E-state index contributed by atoms with van der Waals surface area (Å²) < 4.78 is 0. The van der Waals surface area contributed by atoms with E-state index in [0.29, 0.717) is 0 Å². The van der Waals surface area contributed by atoms with Crippen molar-refractivity contribution in [1.29, 1.82) is 0 Å². The summed E-state index contributed by atoms with van der Waals surface area (Å²) in [6, 6.07) is 0. The Morgan fingerprint density at radius 3 is 1.67 bits per heavy atom. The molecule has 0 aliphatic heterocycles. The summed E-state index contributed by atoms with van der Waals surface area (Å²) >= 11 is 0. The van der Waals surface area contributed by atoms with Crippen LogP contribution < -0.4 is 0 Å². The van der Waals surface area contributed by atoms with Crippen LogP contribution in [0.25, 0.3) is 0 Å². The first-order valence-electron chi connectivity index (χ1n) is 2.32. The summed E-state index contributed by atoms with van der Waals surface area (Å²) in [5, 5.41) is 0. The monoisotopic (exact) mass is 93.1 g/mol. The molecule has 0 heterocycles. The van der Waals surface area contributed by atoms with Crippen LogP contribution in [0.15, 0.2) is 0 Å². The van der Waals surface area contributed by atoms with Crippen LogP contribution in [-0.2, 0) is 0 Å². The molecule has 0 aromatic carbocycles. The molecule has 0 aromatic heterocycles. The quantitative estimate of drug-likeness (QED) is 0.394. The van der Waals surface area contributed by atoms with Gasteiger partial charge in [0.25, 0.3) is 0 Å². The Hall–Kier alpha value is 1.00. The Labute approximate surface area is 61.6 Å². The molecule has 1 aliphatic rings. The Morgan fingerprint density at radius 2 is 1.50 bits per heavy atom. The fraction of sp³-hybridized carbons (Fsp3) is 0.800. The molecule has 0 nitrogen and oxygen atoms in total. The molecule has 0 aromatic rings. The molecule has 1 aliphatic carbocycles. The molecule has 0 saturated heterocycles. The fourth-order valence-electron chi connectivity index (χ4n) is 0.722. The minimum atomic E-state index is 0. The second kappa shape index (κ2) is 4.17. The summed E-state index contributed by atoms with van der Waals surface area (Å²) in [6.45, 7) is 0. The molecule has 1 rings (SSSR count). The van der Waals surface area contributed by atoms with Crippen LogP contribution in [-0.4, -0.2) is 29.6 Å². The van der Waals surface area contributed by atoms with Gasteiger partial charge in [0.15, 0.2) is 0 Å². The van der Waals surface area contributed by atoms with E-state index >= 15 is 0 Å². The van der Waals surface area contributed by atoms with Gasteiger partial charge < -0.3 is 0 Å². The minimum absolute atomic E-state index is 0. The van der Waals surface area contributed by atoms with Gasteiger partial charge in [-0.2, -0.15) is 0 Å². The zero-order chi connectivity index (χ0) is 3.54. The van der Waals surface area contributed by atoms with Crippen molar-refractivity contribution in [3.8, 4) is 0 Å². The Balaban J connectivity index is 0.000000250. The first kappa shape index (κ1) is 7.00. The van der Waals surface area contributed by atoms with Crippen LogP contribution in [0.5, 0.6) is 0 Å². The third kappa shape index (κ3) is 2.22. The number of rotatable bonds is 0. The van der Waals surface area contributed by atoms with E-state index < -0.39 is 0 Å². The zero-order valence-electron chi connectivity index (χ0n) is 3.41. The van der Waals surface area contributed by atoms with Gasteiger partial charge in [-0.3, -0.25) is 0 Å². The van der Waals surface area contributed by atoms with Gasteiger partial charge in [0.2, 0.25) is 0 Å². The van der Waals surface area contributed by atoms with Gasteiger partial charge in [-0.25, -0.2) is 0 Å². The van der Waals surface area contributed by atoms with Crippen molar-refractivity contribution in [2.45, 2.75) is 25.7 Å². The van der Waals surface area contributed by atoms with E-state index in [0.717, 1.165) is 0 Å². The normalized spacial score (nSPS) is 20.0. The topological polar surface area (TPSA) is 0 Å². The van der Waals surface area contributed by atoms with E-state index in [1.54, 1.807) is 0 Å². The first-order valence-corrected chi connectivity index (χ1v) is 2.32. The summed E-state index contributed by atoms with van der Waals surface area (Å²) in [4.78, 5) is 0. The molecule has 1 saturated carbocycles. The van der Waals surface area contributed by atoms with Gasteiger partial charge >= 0.3 is 29.6 Å². The molecule has 0 atom stereocenters. The number of hydrogen-bond acceptors (Lipinski definition) is 0. The summed E-state index contributed by atoms with van der Waals surface area (Å²) in [5.74, 6) is 0. The average Bonchev–Trinajstić information content (AvgIpc) is 1.76. The van der Waals surface area contributed by atoms with Crippen molar-refractivity contribution >= 4 is 29.6 Å². The Morgan fingerprint density at radius 1 is 1.00 bits per heavy atom. The van der Waals surface area contributed by atoms with Gasteiger partial charge in [0.05, 0.1) is 0 Å². The molecule has 0 unspecified atom stereocenters. The number of hydrogen-bond donors (Lipinski definition) is 0. The average molecular weight is 93.1 g/mol. The second-order valence-corrected chi connectivity index (χ2v) is 1.57. The maximum atomic E-state index is 2.36. The molecule has 1 heteroatoms. The molecular weight excluding hydrogens is 83.0 g/mol. The van der Waals surface area contributed by atoms with Crippen molar-refractivity contribution in [1.82, 2.24) is 0 Å². The van der Waals surface area contributed by atoms with Crippen molar-refractivity contribution in [3.05, 3.63) is 6.42 Å². The third-order valence-electron chi connectivity index (χ3n) is 1.07. The van der Waals surface area contributed by atoms with Crippen LogP contribution in [0.2, 0.25) is 0 Å². The van der Waals surface area contributed by atoms with Gasteiger partial charge in [0.1, 0.15) is 0 Å². The molecule has 0 spiro atoms. The summed E-state index contributed by atoms with van der Waals surface area (Å²) in [7, 11) is 0. The molecule has 0 amide bonds. The van der Waals surface area contributed by atoms with Gasteiger partial charge in [-0.15, -0.1) is 0 Å². The predicted octanol–water partition coefficient (Wildman–Crippen LogP) is 1.12. The van der Waals surface area contributed by atoms with Gasteiger partial charge in [0, 0.05) is 0 Å². The van der Waals surface area contributed by atoms with Crippen molar-refractivity contribution in [2.24, 2.45) is 0 Å². The van der Waals surface area contributed by atoms with Gasteiger partial charge in [-0.1, -0.05) is 25.7 Å².